The van der Waals surface area contributed by atoms with Gasteiger partial charge in [0.2, 0.25) is 0 Å². The molecule has 4 heteroatoms. The van der Waals surface area contributed by atoms with Crippen molar-refractivity contribution in [2.45, 2.75) is 44.9 Å². The van der Waals surface area contributed by atoms with Crippen LogP contribution in [0.5, 0.6) is 0 Å². The van der Waals surface area contributed by atoms with Gasteiger partial charge in [0.15, 0.2) is 0 Å². The maximum atomic E-state index is 10.5. The van der Waals surface area contributed by atoms with Gasteiger partial charge in [0.25, 0.3) is 0 Å². The number of carboxylic acid groups (broad SMARTS) is 1. The second kappa shape index (κ2) is 4.31. The van der Waals surface area contributed by atoms with Crippen LogP contribution in [-0.2, 0) is 17.6 Å². The number of aliphatic carboxylic acids is 1. The van der Waals surface area contributed by atoms with Crippen LogP contribution >= 0.6 is 11.3 Å². The van der Waals surface area contributed by atoms with Crippen molar-refractivity contribution in [1.82, 2.24) is 4.98 Å². The minimum atomic E-state index is -0.719. The molecule has 1 fully saturated rings. The monoisotopic (exact) mass is 225 g/mol. The van der Waals surface area contributed by atoms with Crippen LogP contribution in [0.4, 0.5) is 0 Å². The number of carbonyl (C=O) groups is 1. The smallest absolute Gasteiger partial charge is 0.303 e. The van der Waals surface area contributed by atoms with E-state index in [4.69, 9.17) is 5.11 Å². The van der Waals surface area contributed by atoms with Gasteiger partial charge in [0.05, 0.1) is 17.1 Å². The zero-order chi connectivity index (χ0) is 10.8. The van der Waals surface area contributed by atoms with E-state index in [0.717, 1.165) is 11.4 Å². The summed E-state index contributed by atoms with van der Waals surface area (Å²) in [6.07, 6.45) is 4.29. The topological polar surface area (TPSA) is 50.2 Å². The molecule has 1 aliphatic carbocycles. The van der Waals surface area contributed by atoms with E-state index in [1.807, 2.05) is 0 Å². The Morgan fingerprint density at radius 2 is 2.33 bits per heavy atom. The van der Waals surface area contributed by atoms with Gasteiger partial charge in [-0.25, -0.2) is 4.98 Å². The summed E-state index contributed by atoms with van der Waals surface area (Å²) in [7, 11) is 0. The zero-order valence-corrected chi connectivity index (χ0v) is 9.64. The quantitative estimate of drug-likeness (QED) is 0.838. The summed E-state index contributed by atoms with van der Waals surface area (Å²) in [5, 5.41) is 9.82. The normalized spacial score (nSPS) is 15.5. The van der Waals surface area contributed by atoms with Crippen molar-refractivity contribution in [3.63, 3.8) is 0 Å². The van der Waals surface area contributed by atoms with E-state index in [0.29, 0.717) is 12.3 Å². The molecule has 2 rings (SSSR count). The lowest BCUT2D eigenvalue weighted by Gasteiger charge is -1.97. The van der Waals surface area contributed by atoms with Gasteiger partial charge in [0.1, 0.15) is 0 Å². The predicted octanol–water partition coefficient (Wildman–Crippen LogP) is 2.60. The van der Waals surface area contributed by atoms with E-state index in [-0.39, 0.29) is 6.42 Å². The van der Waals surface area contributed by atoms with Gasteiger partial charge in [-0.2, -0.15) is 0 Å². The van der Waals surface area contributed by atoms with E-state index in [9.17, 15) is 4.79 Å². The number of thiazole rings is 1. The standard InChI is InChI=1S/C11H15NO2S/c1-2-9-12-11(7-3-4-7)8(15-9)5-6-10(13)14/h7H,2-6H2,1H3,(H,13,14). The molecule has 0 aromatic carbocycles. The fourth-order valence-corrected chi connectivity index (χ4v) is 2.73. The first kappa shape index (κ1) is 10.6. The van der Waals surface area contributed by atoms with E-state index in [1.54, 1.807) is 11.3 Å². The van der Waals surface area contributed by atoms with E-state index in [2.05, 4.69) is 11.9 Å². The van der Waals surface area contributed by atoms with Crippen molar-refractivity contribution >= 4 is 17.3 Å². The van der Waals surface area contributed by atoms with Gasteiger partial charge in [-0.3, -0.25) is 4.79 Å². The summed E-state index contributed by atoms with van der Waals surface area (Å²) in [6, 6.07) is 0. The molecule has 0 atom stereocenters. The largest absolute Gasteiger partial charge is 0.481 e. The highest BCUT2D eigenvalue weighted by molar-refractivity contribution is 7.11. The number of rotatable bonds is 5. The molecule has 1 aromatic rings. The van der Waals surface area contributed by atoms with Crippen LogP contribution in [0, 0.1) is 0 Å². The first-order valence-electron chi connectivity index (χ1n) is 5.41. The number of hydrogen-bond acceptors (Lipinski definition) is 3. The third-order valence-corrected chi connectivity index (χ3v) is 3.88. The van der Waals surface area contributed by atoms with Crippen molar-refractivity contribution in [3.8, 4) is 0 Å². The fraction of sp³-hybridized carbons (Fsp3) is 0.636. The summed E-state index contributed by atoms with van der Waals surface area (Å²) in [5.74, 6) is -0.0893. The molecule has 0 unspecified atom stereocenters. The van der Waals surface area contributed by atoms with Crippen LogP contribution in [0.1, 0.15) is 47.7 Å². The molecule has 0 saturated heterocycles. The molecule has 1 aliphatic rings. The molecule has 1 N–H and O–H groups in total. The minimum absolute atomic E-state index is 0.227. The van der Waals surface area contributed by atoms with Crippen molar-refractivity contribution < 1.29 is 9.90 Å². The Morgan fingerprint density at radius 1 is 1.60 bits per heavy atom. The Balaban J connectivity index is 2.12. The summed E-state index contributed by atoms with van der Waals surface area (Å²) < 4.78 is 0. The molecule has 82 valence electrons. The van der Waals surface area contributed by atoms with Crippen LogP contribution in [-0.4, -0.2) is 16.1 Å². The van der Waals surface area contributed by atoms with Crippen LogP contribution in [0.3, 0.4) is 0 Å². The van der Waals surface area contributed by atoms with Gasteiger partial charge in [-0.15, -0.1) is 11.3 Å². The molecule has 15 heavy (non-hydrogen) atoms. The predicted molar refractivity (Wildman–Crippen MR) is 59.4 cm³/mol. The van der Waals surface area contributed by atoms with E-state index < -0.39 is 5.97 Å². The Kier molecular flexibility index (Phi) is 3.05. The molecule has 0 bridgehead atoms. The molecule has 0 radical (unpaired) electrons. The average Bonchev–Trinajstić information content (AvgIpc) is 2.96. The summed E-state index contributed by atoms with van der Waals surface area (Å²) in [4.78, 5) is 16.3. The van der Waals surface area contributed by atoms with E-state index >= 15 is 0 Å². The molecule has 1 saturated carbocycles. The second-order valence-corrected chi connectivity index (χ2v) is 5.11. The molecule has 3 nitrogen and oxygen atoms in total. The Bertz CT molecular complexity index is 369. The molecule has 0 amide bonds. The molecule has 0 aliphatic heterocycles. The van der Waals surface area contributed by atoms with Crippen molar-refractivity contribution in [1.29, 1.82) is 0 Å². The molecule has 1 aromatic heterocycles. The van der Waals surface area contributed by atoms with Crippen molar-refractivity contribution in [2.75, 3.05) is 0 Å². The maximum Gasteiger partial charge on any atom is 0.303 e. The highest BCUT2D eigenvalue weighted by atomic mass is 32.1. The third kappa shape index (κ3) is 2.56. The fourth-order valence-electron chi connectivity index (χ4n) is 1.64. The molecule has 1 heterocycles. The Hall–Kier alpha value is -0.900. The Labute approximate surface area is 93.2 Å². The van der Waals surface area contributed by atoms with Crippen molar-refractivity contribution in [2.24, 2.45) is 0 Å². The number of carboxylic acids is 1. The van der Waals surface area contributed by atoms with Gasteiger partial charge < -0.3 is 5.11 Å². The van der Waals surface area contributed by atoms with Crippen LogP contribution in [0.2, 0.25) is 0 Å². The highest BCUT2D eigenvalue weighted by Crippen LogP contribution is 2.43. The average molecular weight is 225 g/mol. The van der Waals surface area contributed by atoms with Crippen LogP contribution in [0.15, 0.2) is 0 Å². The zero-order valence-electron chi connectivity index (χ0n) is 8.82. The second-order valence-electron chi connectivity index (χ2n) is 3.94. The lowest BCUT2D eigenvalue weighted by atomic mass is 10.2. The van der Waals surface area contributed by atoms with Gasteiger partial charge >= 0.3 is 5.97 Å². The van der Waals surface area contributed by atoms with Crippen LogP contribution in [0.25, 0.3) is 0 Å². The molecular formula is C11H15NO2S. The summed E-state index contributed by atoms with van der Waals surface area (Å²) in [6.45, 7) is 2.09. The summed E-state index contributed by atoms with van der Waals surface area (Å²) >= 11 is 1.70. The highest BCUT2D eigenvalue weighted by Gasteiger charge is 2.29. The number of hydrogen-bond donors (Lipinski definition) is 1. The van der Waals surface area contributed by atoms with Crippen molar-refractivity contribution in [3.05, 3.63) is 15.6 Å². The minimum Gasteiger partial charge on any atom is -0.481 e. The number of aryl methyl sites for hydroxylation is 2. The van der Waals surface area contributed by atoms with Gasteiger partial charge in [0, 0.05) is 10.8 Å². The SMILES string of the molecule is CCc1nc(C2CC2)c(CCC(=O)O)s1. The third-order valence-electron chi connectivity index (χ3n) is 2.60. The van der Waals surface area contributed by atoms with Gasteiger partial charge in [-0.1, -0.05) is 6.92 Å². The first-order chi connectivity index (χ1) is 7.20. The number of nitrogens with zero attached hydrogens (tertiary/aromatic N) is 1. The number of aromatic nitrogens is 1. The Morgan fingerprint density at radius 3 is 2.87 bits per heavy atom. The molecular weight excluding hydrogens is 210 g/mol. The van der Waals surface area contributed by atoms with Crippen LogP contribution < -0.4 is 0 Å². The van der Waals surface area contributed by atoms with E-state index in [1.165, 1.54) is 23.4 Å². The molecule has 0 spiro atoms. The maximum absolute atomic E-state index is 10.5. The lowest BCUT2D eigenvalue weighted by Crippen LogP contribution is -1.98. The first-order valence-corrected chi connectivity index (χ1v) is 6.22. The van der Waals surface area contributed by atoms with Gasteiger partial charge in [-0.05, 0) is 25.7 Å². The lowest BCUT2D eigenvalue weighted by molar-refractivity contribution is -0.136. The summed E-state index contributed by atoms with van der Waals surface area (Å²) in [5.41, 5.74) is 1.19.